The summed E-state index contributed by atoms with van der Waals surface area (Å²) in [4.78, 5) is 0. The van der Waals surface area contributed by atoms with Gasteiger partial charge in [0.05, 0.1) is 19.0 Å². The van der Waals surface area contributed by atoms with E-state index in [4.69, 9.17) is 4.74 Å². The summed E-state index contributed by atoms with van der Waals surface area (Å²) >= 11 is 0. The molecule has 4 nitrogen and oxygen atoms in total. The molecule has 0 radical (unpaired) electrons. The third kappa shape index (κ3) is 3.55. The lowest BCUT2D eigenvalue weighted by Crippen LogP contribution is -2.19. The van der Waals surface area contributed by atoms with Crippen molar-refractivity contribution in [3.05, 3.63) is 12.4 Å². The number of nitrogens with zero attached hydrogens (tertiary/aromatic N) is 2. The summed E-state index contributed by atoms with van der Waals surface area (Å²) in [5.74, 6) is 0.878. The molecule has 0 amide bonds. The SMILES string of the molecule is CCn1cc(OCCCNC2CC2)cn1. The molecule has 0 unspecified atom stereocenters. The first-order chi connectivity index (χ1) is 7.38. The number of aromatic nitrogens is 2. The van der Waals surface area contributed by atoms with Gasteiger partial charge in [-0.15, -0.1) is 0 Å². The molecule has 0 spiro atoms. The van der Waals surface area contributed by atoms with E-state index >= 15 is 0 Å². The normalized spacial score (nSPS) is 15.5. The van der Waals surface area contributed by atoms with E-state index in [1.807, 2.05) is 10.9 Å². The largest absolute Gasteiger partial charge is 0.490 e. The van der Waals surface area contributed by atoms with Gasteiger partial charge in [-0.2, -0.15) is 5.10 Å². The van der Waals surface area contributed by atoms with Gasteiger partial charge >= 0.3 is 0 Å². The Hall–Kier alpha value is -1.03. The summed E-state index contributed by atoms with van der Waals surface area (Å²) in [7, 11) is 0. The van der Waals surface area contributed by atoms with Gasteiger partial charge in [0.2, 0.25) is 0 Å². The van der Waals surface area contributed by atoms with Crippen molar-refractivity contribution in [2.45, 2.75) is 38.8 Å². The van der Waals surface area contributed by atoms with Gasteiger partial charge < -0.3 is 10.1 Å². The molecular weight excluding hydrogens is 190 g/mol. The van der Waals surface area contributed by atoms with Gasteiger partial charge in [-0.25, -0.2) is 0 Å². The lowest BCUT2D eigenvalue weighted by Gasteiger charge is -2.03. The van der Waals surface area contributed by atoms with Crippen molar-refractivity contribution < 1.29 is 4.74 Å². The van der Waals surface area contributed by atoms with Crippen LogP contribution in [0.5, 0.6) is 5.75 Å². The van der Waals surface area contributed by atoms with Crippen LogP contribution in [0.4, 0.5) is 0 Å². The highest BCUT2D eigenvalue weighted by atomic mass is 16.5. The monoisotopic (exact) mass is 209 g/mol. The summed E-state index contributed by atoms with van der Waals surface area (Å²) in [5.41, 5.74) is 0. The molecule has 1 aromatic rings. The second-order valence-corrected chi connectivity index (χ2v) is 3.96. The first kappa shape index (κ1) is 10.5. The maximum Gasteiger partial charge on any atom is 0.157 e. The van der Waals surface area contributed by atoms with Crippen molar-refractivity contribution in [2.24, 2.45) is 0 Å². The van der Waals surface area contributed by atoms with E-state index in [1.165, 1.54) is 12.8 Å². The molecule has 1 aromatic heterocycles. The van der Waals surface area contributed by atoms with Crippen molar-refractivity contribution in [1.29, 1.82) is 0 Å². The van der Waals surface area contributed by atoms with E-state index in [0.717, 1.165) is 37.9 Å². The number of hydrogen-bond donors (Lipinski definition) is 1. The molecule has 0 bridgehead atoms. The van der Waals surface area contributed by atoms with Crippen LogP contribution in [0.15, 0.2) is 12.4 Å². The molecule has 1 N–H and O–H groups in total. The van der Waals surface area contributed by atoms with Crippen LogP contribution < -0.4 is 10.1 Å². The zero-order chi connectivity index (χ0) is 10.5. The van der Waals surface area contributed by atoms with Gasteiger partial charge in [0.1, 0.15) is 0 Å². The topological polar surface area (TPSA) is 39.1 Å². The van der Waals surface area contributed by atoms with E-state index in [2.05, 4.69) is 17.3 Å². The Morgan fingerprint density at radius 2 is 2.47 bits per heavy atom. The first-order valence-electron chi connectivity index (χ1n) is 5.77. The van der Waals surface area contributed by atoms with Crippen molar-refractivity contribution in [3.63, 3.8) is 0 Å². The standard InChI is InChI=1S/C11H19N3O/c1-2-14-9-11(8-13-14)15-7-3-6-12-10-4-5-10/h8-10,12H,2-7H2,1H3. The lowest BCUT2D eigenvalue weighted by molar-refractivity contribution is 0.307. The average Bonchev–Trinajstić information content (AvgIpc) is 2.96. The quantitative estimate of drug-likeness (QED) is 0.690. The van der Waals surface area contributed by atoms with Crippen LogP contribution in [0, 0.1) is 0 Å². The zero-order valence-corrected chi connectivity index (χ0v) is 9.28. The van der Waals surface area contributed by atoms with Gasteiger partial charge in [0.15, 0.2) is 5.75 Å². The molecule has 4 heteroatoms. The van der Waals surface area contributed by atoms with Crippen LogP contribution in [-0.2, 0) is 6.54 Å². The molecule has 1 fully saturated rings. The van der Waals surface area contributed by atoms with E-state index < -0.39 is 0 Å². The highest BCUT2D eigenvalue weighted by Gasteiger charge is 2.19. The van der Waals surface area contributed by atoms with Crippen molar-refractivity contribution in [1.82, 2.24) is 15.1 Å². The molecule has 1 heterocycles. The molecule has 1 saturated carbocycles. The average molecular weight is 209 g/mol. The second-order valence-electron chi connectivity index (χ2n) is 3.96. The maximum atomic E-state index is 5.57. The highest BCUT2D eigenvalue weighted by Crippen LogP contribution is 2.18. The minimum atomic E-state index is 0.773. The minimum absolute atomic E-state index is 0.773. The van der Waals surface area contributed by atoms with Crippen LogP contribution in [0.2, 0.25) is 0 Å². The van der Waals surface area contributed by atoms with Gasteiger partial charge in [-0.3, -0.25) is 4.68 Å². The van der Waals surface area contributed by atoms with Gasteiger partial charge in [0, 0.05) is 12.6 Å². The van der Waals surface area contributed by atoms with E-state index in [0.29, 0.717) is 0 Å². The fourth-order valence-electron chi connectivity index (χ4n) is 1.45. The number of rotatable bonds is 7. The highest BCUT2D eigenvalue weighted by molar-refractivity contribution is 5.11. The summed E-state index contributed by atoms with van der Waals surface area (Å²) in [5, 5.41) is 7.61. The number of hydrogen-bond acceptors (Lipinski definition) is 3. The third-order valence-corrected chi connectivity index (χ3v) is 2.53. The lowest BCUT2D eigenvalue weighted by atomic mass is 10.4. The van der Waals surface area contributed by atoms with Crippen molar-refractivity contribution >= 4 is 0 Å². The van der Waals surface area contributed by atoms with E-state index in [-0.39, 0.29) is 0 Å². The van der Waals surface area contributed by atoms with Crippen LogP contribution in [0.25, 0.3) is 0 Å². The van der Waals surface area contributed by atoms with Crippen molar-refractivity contribution in [2.75, 3.05) is 13.2 Å². The van der Waals surface area contributed by atoms with Crippen molar-refractivity contribution in [3.8, 4) is 5.75 Å². The summed E-state index contributed by atoms with van der Waals surface area (Å²) in [6.45, 7) is 4.80. The Labute approximate surface area is 90.6 Å². The Kier molecular flexibility index (Phi) is 3.61. The molecule has 0 aliphatic heterocycles. The van der Waals surface area contributed by atoms with E-state index in [1.54, 1.807) is 6.20 Å². The first-order valence-corrected chi connectivity index (χ1v) is 5.77. The predicted octanol–water partition coefficient (Wildman–Crippen LogP) is 1.42. The van der Waals surface area contributed by atoms with Crippen LogP contribution in [0.3, 0.4) is 0 Å². The molecule has 15 heavy (non-hydrogen) atoms. The molecule has 0 atom stereocenters. The fraction of sp³-hybridized carbons (Fsp3) is 0.727. The number of nitrogens with one attached hydrogen (secondary N) is 1. The van der Waals surface area contributed by atoms with Gasteiger partial charge in [-0.05, 0) is 32.7 Å². The molecular formula is C11H19N3O. The fourth-order valence-corrected chi connectivity index (χ4v) is 1.45. The Morgan fingerprint density at radius 3 is 3.13 bits per heavy atom. The van der Waals surface area contributed by atoms with Crippen LogP contribution in [-0.4, -0.2) is 29.0 Å². The molecule has 2 rings (SSSR count). The molecule has 0 aromatic carbocycles. The van der Waals surface area contributed by atoms with Crippen LogP contribution in [0.1, 0.15) is 26.2 Å². The Bertz CT molecular complexity index is 294. The smallest absolute Gasteiger partial charge is 0.157 e. The summed E-state index contributed by atoms with van der Waals surface area (Å²) in [6.07, 6.45) is 7.48. The molecule has 1 aliphatic rings. The molecule has 1 aliphatic carbocycles. The Morgan fingerprint density at radius 1 is 1.60 bits per heavy atom. The predicted molar refractivity (Wildman–Crippen MR) is 59.0 cm³/mol. The third-order valence-electron chi connectivity index (χ3n) is 2.53. The molecule has 84 valence electrons. The maximum absolute atomic E-state index is 5.57. The van der Waals surface area contributed by atoms with E-state index in [9.17, 15) is 0 Å². The number of ether oxygens (including phenoxy) is 1. The number of aryl methyl sites for hydroxylation is 1. The zero-order valence-electron chi connectivity index (χ0n) is 9.28. The minimum Gasteiger partial charge on any atom is -0.490 e. The van der Waals surface area contributed by atoms with Gasteiger partial charge in [-0.1, -0.05) is 0 Å². The Balaban J connectivity index is 1.56. The second kappa shape index (κ2) is 5.16. The summed E-state index contributed by atoms with van der Waals surface area (Å²) < 4.78 is 7.44. The molecule has 0 saturated heterocycles. The summed E-state index contributed by atoms with van der Waals surface area (Å²) in [6, 6.07) is 0.799. The van der Waals surface area contributed by atoms with Gasteiger partial charge in [0.25, 0.3) is 0 Å². The van der Waals surface area contributed by atoms with Crippen LogP contribution >= 0.6 is 0 Å².